The number of allylic oxidation sites excluding steroid dienone is 1. The van der Waals surface area contributed by atoms with Crippen molar-refractivity contribution >= 4 is 34.2 Å². The van der Waals surface area contributed by atoms with Crippen LogP contribution in [0, 0.1) is 17.3 Å². The van der Waals surface area contributed by atoms with Gasteiger partial charge in [-0.3, -0.25) is 0 Å². The third kappa shape index (κ3) is 3.23. The lowest BCUT2D eigenvalue weighted by Crippen LogP contribution is -2.39. The van der Waals surface area contributed by atoms with Gasteiger partial charge in [0.25, 0.3) is 0 Å². The zero-order valence-corrected chi connectivity index (χ0v) is 16.8. The minimum atomic E-state index is -0.879. The summed E-state index contributed by atoms with van der Waals surface area (Å²) in [6.45, 7) is 7.83. The zero-order chi connectivity index (χ0) is 17.8. The predicted molar refractivity (Wildman–Crippen MR) is 104 cm³/mol. The van der Waals surface area contributed by atoms with Crippen molar-refractivity contribution < 1.29 is 9.90 Å². The summed E-state index contributed by atoms with van der Waals surface area (Å²) in [5.41, 5.74) is 2.12. The third-order valence-corrected chi connectivity index (χ3v) is 8.40. The van der Waals surface area contributed by atoms with E-state index in [-0.39, 0.29) is 0 Å². The molecule has 1 aromatic heterocycles. The van der Waals surface area contributed by atoms with Crippen LogP contribution < -0.4 is 4.90 Å². The average molecular weight is 379 g/mol. The summed E-state index contributed by atoms with van der Waals surface area (Å²) in [4.78, 5) is 20.0. The Bertz CT molecular complexity index is 721. The number of carboxylic acids is 1. The van der Waals surface area contributed by atoms with Crippen LogP contribution in [0.15, 0.2) is 16.7 Å². The van der Waals surface area contributed by atoms with Crippen LogP contribution in [-0.4, -0.2) is 28.0 Å². The van der Waals surface area contributed by atoms with Crippen molar-refractivity contribution in [2.45, 2.75) is 58.2 Å². The van der Waals surface area contributed by atoms with E-state index in [1.807, 2.05) is 0 Å². The summed E-state index contributed by atoms with van der Waals surface area (Å²) in [5.74, 6) is 0.521. The Hall–Kier alpha value is -1.01. The zero-order valence-electron chi connectivity index (χ0n) is 15.1. The molecule has 0 aromatic carbocycles. The highest BCUT2D eigenvalue weighted by molar-refractivity contribution is 8.04. The van der Waals surface area contributed by atoms with Crippen molar-refractivity contribution in [3.63, 3.8) is 0 Å². The van der Waals surface area contributed by atoms with Crippen LogP contribution in [0.3, 0.4) is 0 Å². The fraction of sp³-hybridized carbons (Fsp3) is 0.684. The minimum Gasteiger partial charge on any atom is -0.477 e. The number of carbonyl (C=O) groups is 1. The number of fused-ring (bicyclic) bond motifs is 1. The highest BCUT2D eigenvalue weighted by Gasteiger charge is 2.47. The first-order valence-corrected chi connectivity index (χ1v) is 10.9. The van der Waals surface area contributed by atoms with E-state index in [2.05, 4.69) is 42.4 Å². The molecule has 1 aromatic rings. The summed E-state index contributed by atoms with van der Waals surface area (Å²) in [7, 11) is 0. The standard InChI is InChI=1S/C19H26N2O2S2/c1-4-21(18-20-10-14(24-18)17(22)23)16-12-7-8-19(2,3)9-13(12)15(25-16)11-5-6-11/h10-12,16H,4-9H2,1-3H3,(H,22,23). The molecule has 0 bridgehead atoms. The summed E-state index contributed by atoms with van der Waals surface area (Å²) in [5, 5.41) is 10.5. The lowest BCUT2D eigenvalue weighted by atomic mass is 9.70. The molecule has 0 spiro atoms. The largest absolute Gasteiger partial charge is 0.477 e. The second-order valence-electron chi connectivity index (χ2n) is 8.26. The lowest BCUT2D eigenvalue weighted by Gasteiger charge is -2.39. The van der Waals surface area contributed by atoms with Crippen molar-refractivity contribution in [1.82, 2.24) is 4.98 Å². The van der Waals surface area contributed by atoms with E-state index in [1.54, 1.807) is 10.5 Å². The van der Waals surface area contributed by atoms with Crippen LogP contribution in [0.2, 0.25) is 0 Å². The van der Waals surface area contributed by atoms with Gasteiger partial charge >= 0.3 is 5.97 Å². The van der Waals surface area contributed by atoms with Gasteiger partial charge in [0.2, 0.25) is 0 Å². The van der Waals surface area contributed by atoms with Gasteiger partial charge in [0.15, 0.2) is 5.13 Å². The Balaban J connectivity index is 1.62. The Kier molecular flexibility index (Phi) is 4.39. The van der Waals surface area contributed by atoms with Crippen LogP contribution >= 0.6 is 23.1 Å². The maximum Gasteiger partial charge on any atom is 0.347 e. The molecule has 0 amide bonds. The van der Waals surface area contributed by atoms with Crippen molar-refractivity contribution in [3.8, 4) is 0 Å². The van der Waals surface area contributed by atoms with Crippen LogP contribution in [0.25, 0.3) is 0 Å². The number of anilines is 1. The summed E-state index contributed by atoms with van der Waals surface area (Å²) in [6.07, 6.45) is 7.93. The molecule has 136 valence electrons. The van der Waals surface area contributed by atoms with E-state index in [9.17, 15) is 9.90 Å². The second kappa shape index (κ2) is 6.31. The quantitative estimate of drug-likeness (QED) is 0.760. The smallest absolute Gasteiger partial charge is 0.347 e. The van der Waals surface area contributed by atoms with Gasteiger partial charge in [0.05, 0.1) is 11.6 Å². The van der Waals surface area contributed by atoms with E-state index >= 15 is 0 Å². The van der Waals surface area contributed by atoms with E-state index in [1.165, 1.54) is 49.6 Å². The molecule has 2 unspecified atom stereocenters. The molecule has 2 fully saturated rings. The number of rotatable bonds is 5. The fourth-order valence-corrected chi connectivity index (χ4v) is 7.06. The molecule has 4 nitrogen and oxygen atoms in total. The highest BCUT2D eigenvalue weighted by Crippen LogP contribution is 2.60. The van der Waals surface area contributed by atoms with Gasteiger partial charge in [-0.15, -0.1) is 11.8 Å². The van der Waals surface area contributed by atoms with Crippen LogP contribution in [0.5, 0.6) is 0 Å². The fourth-order valence-electron chi connectivity index (χ4n) is 4.23. The number of thioether (sulfide) groups is 1. The van der Waals surface area contributed by atoms with Gasteiger partial charge in [-0.05, 0) is 55.3 Å². The van der Waals surface area contributed by atoms with E-state index in [4.69, 9.17) is 0 Å². The van der Waals surface area contributed by atoms with Gasteiger partial charge in [-0.2, -0.15) is 0 Å². The number of thiazole rings is 1. The Morgan fingerprint density at radius 1 is 1.40 bits per heavy atom. The van der Waals surface area contributed by atoms with E-state index in [0.29, 0.717) is 21.6 Å². The number of nitrogens with zero attached hydrogens (tertiary/aromatic N) is 2. The van der Waals surface area contributed by atoms with Gasteiger partial charge in [0.1, 0.15) is 4.88 Å². The molecule has 2 heterocycles. The maximum absolute atomic E-state index is 11.2. The monoisotopic (exact) mass is 378 g/mol. The number of aromatic carboxylic acids is 1. The van der Waals surface area contributed by atoms with Gasteiger partial charge in [-0.25, -0.2) is 9.78 Å². The van der Waals surface area contributed by atoms with Crippen molar-refractivity contribution in [3.05, 3.63) is 21.6 Å². The Morgan fingerprint density at radius 3 is 2.76 bits per heavy atom. The van der Waals surface area contributed by atoms with Crippen molar-refractivity contribution in [2.24, 2.45) is 17.3 Å². The maximum atomic E-state index is 11.2. The molecule has 2 aliphatic carbocycles. The van der Waals surface area contributed by atoms with Crippen LogP contribution in [0.1, 0.15) is 62.5 Å². The molecule has 0 radical (unpaired) electrons. The number of aromatic nitrogens is 1. The number of carboxylic acid groups (broad SMARTS) is 1. The Morgan fingerprint density at radius 2 is 2.16 bits per heavy atom. The molecule has 1 aliphatic heterocycles. The SMILES string of the molecule is CCN(c1ncc(C(=O)O)s1)C1SC(C2CC2)=C2CC(C)(C)CCC21. The van der Waals surface area contributed by atoms with Gasteiger partial charge < -0.3 is 10.0 Å². The highest BCUT2D eigenvalue weighted by atomic mass is 32.2. The molecule has 4 rings (SSSR count). The number of hydrogen-bond donors (Lipinski definition) is 1. The first-order chi connectivity index (χ1) is 11.9. The minimum absolute atomic E-state index is 0.330. The van der Waals surface area contributed by atoms with Crippen LogP contribution in [0.4, 0.5) is 5.13 Å². The first-order valence-electron chi connectivity index (χ1n) is 9.25. The van der Waals surface area contributed by atoms with Gasteiger partial charge in [-0.1, -0.05) is 30.8 Å². The second-order valence-corrected chi connectivity index (χ2v) is 10.4. The lowest BCUT2D eigenvalue weighted by molar-refractivity contribution is 0.0702. The number of hydrogen-bond acceptors (Lipinski definition) is 5. The molecular formula is C19H26N2O2S2. The van der Waals surface area contributed by atoms with E-state index in [0.717, 1.165) is 17.6 Å². The molecule has 2 atom stereocenters. The summed E-state index contributed by atoms with van der Waals surface area (Å²) in [6, 6.07) is 0. The Labute approximate surface area is 157 Å². The van der Waals surface area contributed by atoms with E-state index < -0.39 is 5.97 Å². The molecule has 1 N–H and O–H groups in total. The van der Waals surface area contributed by atoms with Gasteiger partial charge in [0, 0.05) is 12.5 Å². The molecule has 2 saturated carbocycles. The summed E-state index contributed by atoms with van der Waals surface area (Å²) < 4.78 is 0. The summed E-state index contributed by atoms with van der Waals surface area (Å²) >= 11 is 3.37. The molecule has 25 heavy (non-hydrogen) atoms. The molecule has 0 saturated heterocycles. The van der Waals surface area contributed by atoms with Crippen LogP contribution in [-0.2, 0) is 0 Å². The predicted octanol–water partition coefficient (Wildman–Crippen LogP) is 5.23. The molecule has 3 aliphatic rings. The first kappa shape index (κ1) is 17.4. The third-order valence-electron chi connectivity index (χ3n) is 5.70. The normalized spacial score (nSPS) is 28.1. The van der Waals surface area contributed by atoms with Crippen molar-refractivity contribution in [1.29, 1.82) is 0 Å². The topological polar surface area (TPSA) is 53.4 Å². The molecule has 6 heteroatoms. The average Bonchev–Trinajstić information content (AvgIpc) is 3.16. The van der Waals surface area contributed by atoms with Crippen molar-refractivity contribution in [2.75, 3.05) is 11.4 Å². The molecular weight excluding hydrogens is 352 g/mol.